The van der Waals surface area contributed by atoms with Gasteiger partial charge >= 0.3 is 6.18 Å². The molecule has 2 aromatic carbocycles. The highest BCUT2D eigenvalue weighted by atomic mass is 35.5. The fourth-order valence-corrected chi connectivity index (χ4v) is 3.63. The highest BCUT2D eigenvalue weighted by Gasteiger charge is 2.31. The van der Waals surface area contributed by atoms with Crippen molar-refractivity contribution < 1.29 is 13.2 Å². The Morgan fingerprint density at radius 1 is 1.24 bits per heavy atom. The van der Waals surface area contributed by atoms with Crippen molar-refractivity contribution in [3.05, 3.63) is 63.8 Å². The first-order valence-electron chi connectivity index (χ1n) is 8.24. The van der Waals surface area contributed by atoms with E-state index in [0.29, 0.717) is 26.5 Å². The van der Waals surface area contributed by atoms with Crippen LogP contribution in [0.25, 0.3) is 10.9 Å². The Kier molecular flexibility index (Phi) is 5.77. The predicted molar refractivity (Wildman–Crippen MR) is 110 cm³/mol. The summed E-state index contributed by atoms with van der Waals surface area (Å²) in [5.41, 5.74) is -0.994. The van der Waals surface area contributed by atoms with Crippen LogP contribution in [-0.4, -0.2) is 20.3 Å². The van der Waals surface area contributed by atoms with Gasteiger partial charge in [-0.05, 0) is 31.2 Å². The van der Waals surface area contributed by atoms with Crippen molar-refractivity contribution in [2.45, 2.75) is 25.2 Å². The number of nitrogens with one attached hydrogen (secondary N) is 1. The van der Waals surface area contributed by atoms with E-state index >= 15 is 0 Å². The van der Waals surface area contributed by atoms with Gasteiger partial charge in [-0.25, -0.2) is 0 Å². The van der Waals surface area contributed by atoms with E-state index in [1.54, 1.807) is 29.9 Å². The lowest BCUT2D eigenvalue weighted by Crippen LogP contribution is -2.47. The van der Waals surface area contributed by atoms with E-state index in [1.807, 2.05) is 0 Å². The van der Waals surface area contributed by atoms with Crippen molar-refractivity contribution in [2.75, 3.05) is 0 Å². The molecule has 1 heterocycles. The Bertz CT molecular complexity index is 1120. The van der Waals surface area contributed by atoms with Crippen LogP contribution in [0.3, 0.4) is 0 Å². The summed E-state index contributed by atoms with van der Waals surface area (Å²) >= 11 is 17.4. The number of fused-ring (bicyclic) bond motifs is 1. The number of nitrogens with zero attached hydrogens (tertiary/aromatic N) is 3. The number of alkyl halides is 3. The third-order valence-electron chi connectivity index (χ3n) is 4.18. The number of thiocarbonyl (C=S) groups is 1. The maximum atomic E-state index is 12.7. The van der Waals surface area contributed by atoms with Gasteiger partial charge in [0, 0.05) is 22.2 Å². The van der Waals surface area contributed by atoms with E-state index in [4.69, 9.17) is 35.4 Å². The Balaban J connectivity index is 1.80. The minimum absolute atomic E-state index is 0.118. The van der Waals surface area contributed by atoms with Crippen molar-refractivity contribution in [3.63, 3.8) is 0 Å². The van der Waals surface area contributed by atoms with Gasteiger partial charge in [-0.1, -0.05) is 47.6 Å². The smallest absolute Gasteiger partial charge is 0.357 e. The molecule has 3 aromatic rings. The van der Waals surface area contributed by atoms with E-state index in [-0.39, 0.29) is 11.5 Å². The quantitative estimate of drug-likeness (QED) is 0.518. The van der Waals surface area contributed by atoms with Crippen LogP contribution < -0.4 is 5.32 Å². The highest BCUT2D eigenvalue weighted by molar-refractivity contribution is 7.80. The third-order valence-corrected chi connectivity index (χ3v) is 5.04. The molecule has 1 aromatic heterocycles. The summed E-state index contributed by atoms with van der Waals surface area (Å²) in [5.74, 6) is 0. The topological polar surface area (TPSA) is 53.6 Å². The molecule has 1 unspecified atom stereocenters. The lowest BCUT2D eigenvalue weighted by atomic mass is 10.0. The standard InChI is InChI=1S/C19H13Cl2F3N4S/c1-18(9-25,10-28-8-14-15(21)6-13(20)7-16(14)27-28)26-17(29)11-2-4-12(5-3-11)19(22,23)24/h2-8H,10H2,1H3,(H,26,29). The van der Waals surface area contributed by atoms with E-state index in [1.165, 1.54) is 12.1 Å². The molecule has 3 rings (SSSR count). The van der Waals surface area contributed by atoms with Gasteiger partial charge in [0.15, 0.2) is 0 Å². The second kappa shape index (κ2) is 7.82. The Hall–Kier alpha value is -2.34. The maximum Gasteiger partial charge on any atom is 0.416 e. The molecular weight excluding hydrogens is 444 g/mol. The summed E-state index contributed by atoms with van der Waals surface area (Å²) in [5, 5.41) is 18.5. The predicted octanol–water partition coefficient (Wildman–Crippen LogP) is 5.61. The van der Waals surface area contributed by atoms with E-state index in [9.17, 15) is 18.4 Å². The summed E-state index contributed by atoms with van der Waals surface area (Å²) in [7, 11) is 0. The minimum atomic E-state index is -4.43. The fourth-order valence-electron chi connectivity index (χ4n) is 2.74. The van der Waals surface area contributed by atoms with Crippen LogP contribution in [-0.2, 0) is 12.7 Å². The first-order valence-corrected chi connectivity index (χ1v) is 9.40. The summed E-state index contributed by atoms with van der Waals surface area (Å²) in [6, 6.07) is 9.80. The summed E-state index contributed by atoms with van der Waals surface area (Å²) in [6.07, 6.45) is -2.74. The number of hydrogen-bond acceptors (Lipinski definition) is 3. The Morgan fingerprint density at radius 3 is 2.48 bits per heavy atom. The second-order valence-corrected chi connectivity index (χ2v) is 7.87. The molecule has 0 aliphatic rings. The van der Waals surface area contributed by atoms with Gasteiger partial charge in [0.05, 0.1) is 28.7 Å². The number of aromatic nitrogens is 2. The normalized spacial score (nSPS) is 13.7. The Morgan fingerprint density at radius 2 is 1.90 bits per heavy atom. The zero-order valence-electron chi connectivity index (χ0n) is 14.9. The fraction of sp³-hybridized carbons (Fsp3) is 0.211. The molecule has 0 fully saturated rings. The number of benzene rings is 2. The molecule has 10 heteroatoms. The van der Waals surface area contributed by atoms with Gasteiger partial charge in [0.1, 0.15) is 10.5 Å². The number of nitriles is 1. The molecule has 1 atom stereocenters. The molecule has 4 nitrogen and oxygen atoms in total. The van der Waals surface area contributed by atoms with Crippen LogP contribution in [0.2, 0.25) is 10.0 Å². The SMILES string of the molecule is CC(C#N)(Cn1cc2c(Cl)cc(Cl)cc2n1)NC(=S)c1ccc(C(F)(F)F)cc1. The molecule has 1 N–H and O–H groups in total. The largest absolute Gasteiger partial charge is 0.416 e. The molecule has 29 heavy (non-hydrogen) atoms. The molecule has 0 saturated carbocycles. The zero-order chi connectivity index (χ0) is 21.4. The molecule has 0 bridgehead atoms. The number of hydrogen-bond donors (Lipinski definition) is 1. The van der Waals surface area contributed by atoms with Crippen LogP contribution in [0.15, 0.2) is 42.6 Å². The van der Waals surface area contributed by atoms with Gasteiger partial charge in [0.25, 0.3) is 0 Å². The monoisotopic (exact) mass is 456 g/mol. The molecule has 0 amide bonds. The first-order chi connectivity index (χ1) is 13.5. The van der Waals surface area contributed by atoms with E-state index in [2.05, 4.69) is 16.5 Å². The lowest BCUT2D eigenvalue weighted by molar-refractivity contribution is -0.137. The first kappa shape index (κ1) is 21.4. The number of halogens is 5. The van der Waals surface area contributed by atoms with Gasteiger partial charge in [-0.3, -0.25) is 4.68 Å². The third kappa shape index (κ3) is 4.81. The molecular formula is C19H13Cl2F3N4S. The molecule has 0 aliphatic carbocycles. The Labute approximate surface area is 179 Å². The van der Waals surface area contributed by atoms with Crippen molar-refractivity contribution in [1.82, 2.24) is 15.1 Å². The summed E-state index contributed by atoms with van der Waals surface area (Å²) in [6.45, 7) is 1.73. The van der Waals surface area contributed by atoms with Gasteiger partial charge in [-0.2, -0.15) is 23.5 Å². The van der Waals surface area contributed by atoms with Crippen molar-refractivity contribution in [2.24, 2.45) is 0 Å². The lowest BCUT2D eigenvalue weighted by Gasteiger charge is -2.25. The minimum Gasteiger partial charge on any atom is -0.357 e. The van der Waals surface area contributed by atoms with Gasteiger partial charge < -0.3 is 5.32 Å². The van der Waals surface area contributed by atoms with Gasteiger partial charge in [0.2, 0.25) is 0 Å². The average molecular weight is 457 g/mol. The number of rotatable bonds is 4. The molecule has 0 radical (unpaired) electrons. The van der Waals surface area contributed by atoms with Crippen LogP contribution in [0.1, 0.15) is 18.1 Å². The average Bonchev–Trinajstić information content (AvgIpc) is 3.03. The maximum absolute atomic E-state index is 12.7. The summed E-state index contributed by atoms with van der Waals surface area (Å²) < 4.78 is 39.7. The highest BCUT2D eigenvalue weighted by Crippen LogP contribution is 2.29. The van der Waals surface area contributed by atoms with Crippen LogP contribution in [0, 0.1) is 11.3 Å². The zero-order valence-corrected chi connectivity index (χ0v) is 17.2. The molecule has 0 saturated heterocycles. The second-order valence-electron chi connectivity index (χ2n) is 6.62. The summed E-state index contributed by atoms with van der Waals surface area (Å²) in [4.78, 5) is 0.153. The van der Waals surface area contributed by atoms with E-state index in [0.717, 1.165) is 12.1 Å². The molecule has 150 valence electrons. The molecule has 0 aliphatic heterocycles. The van der Waals surface area contributed by atoms with Crippen LogP contribution in [0.5, 0.6) is 0 Å². The van der Waals surface area contributed by atoms with Crippen molar-refractivity contribution in [3.8, 4) is 6.07 Å². The van der Waals surface area contributed by atoms with Crippen molar-refractivity contribution in [1.29, 1.82) is 5.26 Å². The molecule has 0 spiro atoms. The van der Waals surface area contributed by atoms with Crippen molar-refractivity contribution >= 4 is 51.3 Å². The van der Waals surface area contributed by atoms with Crippen LogP contribution in [0.4, 0.5) is 13.2 Å². The van der Waals surface area contributed by atoms with Crippen LogP contribution >= 0.6 is 35.4 Å². The van der Waals surface area contributed by atoms with E-state index < -0.39 is 17.3 Å². The van der Waals surface area contributed by atoms with Gasteiger partial charge in [-0.15, -0.1) is 0 Å².